The van der Waals surface area contributed by atoms with E-state index in [2.05, 4.69) is 20.9 Å². The van der Waals surface area contributed by atoms with Gasteiger partial charge in [-0.2, -0.15) is 0 Å². The first-order valence-corrected chi connectivity index (χ1v) is 13.5. The van der Waals surface area contributed by atoms with Crippen molar-refractivity contribution < 1.29 is 18.7 Å². The second-order valence-electron chi connectivity index (χ2n) is 8.14. The summed E-state index contributed by atoms with van der Waals surface area (Å²) in [5.74, 6) is -0.604. The lowest BCUT2D eigenvalue weighted by Gasteiger charge is -2.32. The zero-order valence-corrected chi connectivity index (χ0v) is 20.9. The van der Waals surface area contributed by atoms with Crippen LogP contribution in [0.2, 0.25) is 0 Å². The molecule has 0 spiro atoms. The number of nitrogens with zero attached hydrogens (tertiary/aromatic N) is 1. The Morgan fingerprint density at radius 2 is 1.80 bits per heavy atom. The molecule has 1 aliphatic carbocycles. The van der Waals surface area contributed by atoms with Crippen molar-refractivity contribution in [2.45, 2.75) is 49.3 Å². The summed E-state index contributed by atoms with van der Waals surface area (Å²) in [5.41, 5.74) is 0.995. The molecular weight excluding hydrogens is 487 g/mol. The number of carbonyl (C=O) groups is 2. The third-order valence-corrected chi connectivity index (χ3v) is 7.28. The summed E-state index contributed by atoms with van der Waals surface area (Å²) in [7, 11) is 0. The number of para-hydroxylation sites is 1. The van der Waals surface area contributed by atoms with Crippen LogP contribution in [-0.2, 0) is 6.61 Å². The summed E-state index contributed by atoms with van der Waals surface area (Å²) in [4.78, 5) is 30.9. The van der Waals surface area contributed by atoms with Crippen molar-refractivity contribution in [3.05, 3.63) is 70.4 Å². The molecule has 10 heteroatoms. The molecule has 1 heterocycles. The molecule has 1 saturated carbocycles. The summed E-state index contributed by atoms with van der Waals surface area (Å²) in [6, 6.07) is 13.1. The molecule has 1 fully saturated rings. The number of anilines is 1. The molecule has 0 radical (unpaired) electrons. The van der Waals surface area contributed by atoms with E-state index in [4.69, 9.17) is 4.74 Å². The summed E-state index contributed by atoms with van der Waals surface area (Å²) >= 11 is 2.92. The van der Waals surface area contributed by atoms with Gasteiger partial charge in [-0.3, -0.25) is 4.79 Å². The second-order valence-corrected chi connectivity index (χ2v) is 9.97. The van der Waals surface area contributed by atoms with Crippen molar-refractivity contribution >= 4 is 40.7 Å². The summed E-state index contributed by atoms with van der Waals surface area (Å²) in [5, 5.41) is 11.1. The maximum atomic E-state index is 13.7. The molecule has 1 aliphatic rings. The molecule has 4 rings (SSSR count). The van der Waals surface area contributed by atoms with Gasteiger partial charge in [-0.25, -0.2) is 14.2 Å². The molecule has 184 valence electrons. The van der Waals surface area contributed by atoms with Crippen LogP contribution in [0.1, 0.15) is 41.2 Å². The predicted molar refractivity (Wildman–Crippen MR) is 137 cm³/mol. The largest absolute Gasteiger partial charge is 0.483 e. The van der Waals surface area contributed by atoms with Gasteiger partial charge in [0.05, 0.1) is 6.04 Å². The van der Waals surface area contributed by atoms with Crippen molar-refractivity contribution in [1.29, 1.82) is 0 Å². The summed E-state index contributed by atoms with van der Waals surface area (Å²) in [6.07, 6.45) is 5.50. The number of amides is 3. The van der Waals surface area contributed by atoms with Crippen LogP contribution in [0.15, 0.2) is 58.8 Å². The van der Waals surface area contributed by atoms with Gasteiger partial charge in [0, 0.05) is 22.0 Å². The van der Waals surface area contributed by atoms with Gasteiger partial charge in [0.2, 0.25) is 0 Å². The van der Waals surface area contributed by atoms with Crippen LogP contribution in [-0.4, -0.2) is 35.3 Å². The molecule has 7 nitrogen and oxygen atoms in total. The van der Waals surface area contributed by atoms with Crippen molar-refractivity contribution in [2.24, 2.45) is 0 Å². The number of benzene rings is 2. The van der Waals surface area contributed by atoms with Gasteiger partial charge in [0.25, 0.3) is 5.91 Å². The minimum Gasteiger partial charge on any atom is -0.483 e. The third-order valence-electron chi connectivity index (χ3n) is 5.72. The average molecular weight is 515 g/mol. The van der Waals surface area contributed by atoms with E-state index < -0.39 is 5.82 Å². The Labute approximate surface area is 211 Å². The summed E-state index contributed by atoms with van der Waals surface area (Å²) < 4.78 is 19.2. The molecule has 3 aromatic rings. The lowest BCUT2D eigenvalue weighted by atomic mass is 9.90. The number of hydrogen-bond donors (Lipinski definition) is 3. The molecule has 3 amide bonds. The number of nitrogens with one attached hydrogen (secondary N) is 3. The highest BCUT2D eigenvalue weighted by Gasteiger charge is 2.28. The van der Waals surface area contributed by atoms with E-state index in [0.29, 0.717) is 10.7 Å². The van der Waals surface area contributed by atoms with Gasteiger partial charge in [-0.1, -0.05) is 25.0 Å². The van der Waals surface area contributed by atoms with Gasteiger partial charge >= 0.3 is 6.03 Å². The highest BCUT2D eigenvalue weighted by molar-refractivity contribution is 7.98. The van der Waals surface area contributed by atoms with Gasteiger partial charge in [0.1, 0.15) is 17.3 Å². The molecule has 0 bridgehead atoms. The van der Waals surface area contributed by atoms with Crippen molar-refractivity contribution in [3.8, 4) is 5.75 Å². The van der Waals surface area contributed by atoms with Crippen molar-refractivity contribution in [1.82, 2.24) is 15.6 Å². The highest BCUT2D eigenvalue weighted by atomic mass is 32.2. The minimum atomic E-state index is -0.445. The predicted octanol–water partition coefficient (Wildman–Crippen LogP) is 5.45. The van der Waals surface area contributed by atoms with Gasteiger partial charge < -0.3 is 20.7 Å². The molecule has 35 heavy (non-hydrogen) atoms. The van der Waals surface area contributed by atoms with Crippen LogP contribution < -0.4 is 20.7 Å². The fourth-order valence-electron chi connectivity index (χ4n) is 3.91. The lowest BCUT2D eigenvalue weighted by molar-refractivity contribution is 0.0911. The smallest absolute Gasteiger partial charge is 0.319 e. The van der Waals surface area contributed by atoms with Crippen LogP contribution in [0.25, 0.3) is 0 Å². The Bertz CT molecular complexity index is 1160. The maximum Gasteiger partial charge on any atom is 0.319 e. The molecule has 0 saturated heterocycles. The van der Waals surface area contributed by atoms with E-state index >= 15 is 0 Å². The van der Waals surface area contributed by atoms with Crippen LogP contribution in [0, 0.1) is 5.82 Å². The number of hydrogen-bond acceptors (Lipinski definition) is 6. The molecule has 1 aromatic heterocycles. The number of urea groups is 1. The Morgan fingerprint density at radius 1 is 1.09 bits per heavy atom. The standard InChI is InChI=1S/C25H27FN4O3S2/c1-34-17-12-10-16(11-13-17)27-25(32)30-20-8-4-3-7-19(20)29-24(31)21-15-35-23(28-21)14-33-22-9-5-2-6-18(22)26/h2,5-6,9-13,15,19-20H,3-4,7-8,14H2,1H3,(H,29,31)(H2,27,30,32)/t19-,20-/m0/s1. The Balaban J connectivity index is 1.31. The normalized spacial score (nSPS) is 17.4. The number of carbonyl (C=O) groups excluding carboxylic acids is 2. The number of thiazole rings is 1. The molecule has 2 aromatic carbocycles. The quantitative estimate of drug-likeness (QED) is 0.348. The first-order valence-electron chi connectivity index (χ1n) is 11.4. The minimum absolute atomic E-state index is 0.0740. The first kappa shape index (κ1) is 25.0. The maximum absolute atomic E-state index is 13.7. The Hall–Kier alpha value is -3.11. The fraction of sp³-hybridized carbons (Fsp3) is 0.320. The molecule has 2 atom stereocenters. The number of halogens is 1. The van der Waals surface area contributed by atoms with Gasteiger partial charge in [-0.15, -0.1) is 23.1 Å². The van der Waals surface area contributed by atoms with Crippen molar-refractivity contribution in [2.75, 3.05) is 11.6 Å². The zero-order valence-electron chi connectivity index (χ0n) is 19.3. The van der Waals surface area contributed by atoms with E-state index in [0.717, 1.165) is 30.6 Å². The number of aromatic nitrogens is 1. The molecule has 0 aliphatic heterocycles. The van der Waals surface area contributed by atoms with Gasteiger partial charge in [-0.05, 0) is 55.5 Å². The fourth-order valence-corrected chi connectivity index (χ4v) is 5.01. The number of ether oxygens (including phenoxy) is 1. The van der Waals surface area contributed by atoms with Crippen molar-refractivity contribution in [3.63, 3.8) is 0 Å². The number of rotatable bonds is 8. The topological polar surface area (TPSA) is 92.4 Å². The van der Waals surface area contributed by atoms with Crippen LogP contribution >= 0.6 is 23.1 Å². The first-order chi connectivity index (χ1) is 17.0. The Kier molecular flexibility index (Phi) is 8.59. The highest BCUT2D eigenvalue weighted by Crippen LogP contribution is 2.22. The zero-order chi connectivity index (χ0) is 24.6. The third kappa shape index (κ3) is 6.95. The van der Waals surface area contributed by atoms with Crippen LogP contribution in [0.4, 0.5) is 14.9 Å². The average Bonchev–Trinajstić information content (AvgIpc) is 3.34. The Morgan fingerprint density at radius 3 is 2.51 bits per heavy atom. The van der Waals surface area contributed by atoms with Crippen LogP contribution in [0.3, 0.4) is 0 Å². The molecular formula is C25H27FN4O3S2. The lowest BCUT2D eigenvalue weighted by Crippen LogP contribution is -2.54. The van der Waals surface area contributed by atoms with E-state index in [9.17, 15) is 14.0 Å². The molecule has 3 N–H and O–H groups in total. The van der Waals surface area contributed by atoms with E-state index in [1.807, 2.05) is 30.5 Å². The monoisotopic (exact) mass is 514 g/mol. The van der Waals surface area contributed by atoms with E-state index in [1.54, 1.807) is 35.3 Å². The van der Waals surface area contributed by atoms with Gasteiger partial charge in [0.15, 0.2) is 11.6 Å². The number of thioether (sulfide) groups is 1. The molecule has 0 unspecified atom stereocenters. The van der Waals surface area contributed by atoms with Crippen LogP contribution in [0.5, 0.6) is 5.75 Å². The SMILES string of the molecule is CSc1ccc(NC(=O)N[C@H]2CCCC[C@@H]2NC(=O)c2csc(COc3ccccc3F)n2)cc1. The summed E-state index contributed by atoms with van der Waals surface area (Å²) in [6.45, 7) is 0.0740. The van der Waals surface area contributed by atoms with E-state index in [1.165, 1.54) is 17.4 Å². The second kappa shape index (κ2) is 12.0. The van der Waals surface area contributed by atoms with E-state index in [-0.39, 0.29) is 42.1 Å².